The largest absolute Gasteiger partial charge is 0.353 e. The summed E-state index contributed by atoms with van der Waals surface area (Å²) in [4.78, 5) is 30.1. The number of amides is 2. The quantitative estimate of drug-likeness (QED) is 0.888. The standard InChI is InChI=1S/C22H25N3O2/c26-21(23-12-15-24-13-6-7-14-24)20-16-18-10-4-5-11-19(18)25(20)22(27)17-8-2-1-3-9-17/h1-5,8-11,20H,6-7,12-16H2,(H,23,26)/t20-/m1/s1. The van der Waals surface area contributed by atoms with Crippen LogP contribution in [0.15, 0.2) is 54.6 Å². The van der Waals surface area contributed by atoms with Crippen molar-refractivity contribution in [1.29, 1.82) is 0 Å². The predicted octanol–water partition coefficient (Wildman–Crippen LogP) is 2.47. The number of likely N-dealkylation sites (tertiary alicyclic amines) is 1. The van der Waals surface area contributed by atoms with Gasteiger partial charge < -0.3 is 10.2 Å². The van der Waals surface area contributed by atoms with Crippen LogP contribution in [0.4, 0.5) is 5.69 Å². The molecule has 1 N–H and O–H groups in total. The van der Waals surface area contributed by atoms with E-state index in [1.165, 1.54) is 12.8 Å². The van der Waals surface area contributed by atoms with E-state index in [-0.39, 0.29) is 11.8 Å². The van der Waals surface area contributed by atoms with Crippen LogP contribution in [0, 0.1) is 0 Å². The van der Waals surface area contributed by atoms with Gasteiger partial charge >= 0.3 is 0 Å². The molecule has 2 heterocycles. The fraction of sp³-hybridized carbons (Fsp3) is 0.364. The van der Waals surface area contributed by atoms with Gasteiger partial charge in [-0.15, -0.1) is 0 Å². The van der Waals surface area contributed by atoms with Crippen molar-refractivity contribution in [3.05, 3.63) is 65.7 Å². The van der Waals surface area contributed by atoms with Crippen molar-refractivity contribution in [3.8, 4) is 0 Å². The average Bonchev–Trinajstić information content (AvgIpc) is 3.35. The fourth-order valence-electron chi connectivity index (χ4n) is 4.03. The number of para-hydroxylation sites is 1. The molecule has 2 aliphatic heterocycles. The lowest BCUT2D eigenvalue weighted by atomic mass is 10.1. The number of hydrogen-bond donors (Lipinski definition) is 1. The Morgan fingerprint density at radius 1 is 0.963 bits per heavy atom. The highest BCUT2D eigenvalue weighted by Crippen LogP contribution is 2.33. The molecule has 0 unspecified atom stereocenters. The van der Waals surface area contributed by atoms with E-state index in [0.29, 0.717) is 18.5 Å². The predicted molar refractivity (Wildman–Crippen MR) is 106 cm³/mol. The number of benzene rings is 2. The summed E-state index contributed by atoms with van der Waals surface area (Å²) in [5, 5.41) is 3.05. The molecule has 4 rings (SSSR count). The maximum atomic E-state index is 13.1. The molecule has 1 fully saturated rings. The Bertz CT molecular complexity index is 815. The first-order valence-corrected chi connectivity index (χ1v) is 9.70. The Hall–Kier alpha value is -2.66. The molecule has 2 aromatic carbocycles. The molecule has 1 saturated heterocycles. The number of hydrogen-bond acceptors (Lipinski definition) is 3. The highest BCUT2D eigenvalue weighted by Gasteiger charge is 2.38. The third-order valence-corrected chi connectivity index (χ3v) is 5.44. The number of fused-ring (bicyclic) bond motifs is 1. The van der Waals surface area contributed by atoms with E-state index in [1.807, 2.05) is 42.5 Å². The van der Waals surface area contributed by atoms with Gasteiger partial charge in [0.2, 0.25) is 5.91 Å². The Kier molecular flexibility index (Phi) is 5.21. The topological polar surface area (TPSA) is 52.7 Å². The zero-order valence-electron chi connectivity index (χ0n) is 15.4. The average molecular weight is 363 g/mol. The van der Waals surface area contributed by atoms with Gasteiger partial charge in [-0.05, 0) is 49.7 Å². The van der Waals surface area contributed by atoms with Crippen molar-refractivity contribution in [2.75, 3.05) is 31.1 Å². The third kappa shape index (κ3) is 3.74. The molecule has 0 bridgehead atoms. The normalized spacial score (nSPS) is 19.1. The molecule has 5 nitrogen and oxygen atoms in total. The lowest BCUT2D eigenvalue weighted by molar-refractivity contribution is -0.122. The second-order valence-corrected chi connectivity index (χ2v) is 7.23. The summed E-state index contributed by atoms with van der Waals surface area (Å²) in [6, 6.07) is 16.5. The van der Waals surface area contributed by atoms with Crippen LogP contribution < -0.4 is 10.2 Å². The van der Waals surface area contributed by atoms with Gasteiger partial charge in [-0.25, -0.2) is 0 Å². The monoisotopic (exact) mass is 363 g/mol. The minimum absolute atomic E-state index is 0.0744. The molecule has 5 heteroatoms. The molecule has 2 aromatic rings. The summed E-state index contributed by atoms with van der Waals surface area (Å²) in [6.45, 7) is 3.73. The summed E-state index contributed by atoms with van der Waals surface area (Å²) in [5.74, 6) is -0.199. The smallest absolute Gasteiger partial charge is 0.259 e. The Balaban J connectivity index is 1.50. The summed E-state index contributed by atoms with van der Waals surface area (Å²) in [6.07, 6.45) is 3.04. The molecular weight excluding hydrogens is 338 g/mol. The Morgan fingerprint density at radius 2 is 1.67 bits per heavy atom. The molecule has 140 valence electrons. The minimum atomic E-state index is -0.492. The van der Waals surface area contributed by atoms with Crippen LogP contribution in [0.25, 0.3) is 0 Å². The van der Waals surface area contributed by atoms with Crippen LogP contribution in [0.5, 0.6) is 0 Å². The van der Waals surface area contributed by atoms with Gasteiger partial charge in [-0.2, -0.15) is 0 Å². The van der Waals surface area contributed by atoms with Crippen LogP contribution in [-0.2, 0) is 11.2 Å². The summed E-state index contributed by atoms with van der Waals surface area (Å²) >= 11 is 0. The number of rotatable bonds is 5. The highest BCUT2D eigenvalue weighted by atomic mass is 16.2. The zero-order valence-corrected chi connectivity index (χ0v) is 15.4. The van der Waals surface area contributed by atoms with Gasteiger partial charge in [0.25, 0.3) is 5.91 Å². The minimum Gasteiger partial charge on any atom is -0.353 e. The molecule has 0 saturated carbocycles. The molecule has 0 aromatic heterocycles. The van der Waals surface area contributed by atoms with Crippen molar-refractivity contribution >= 4 is 17.5 Å². The van der Waals surface area contributed by atoms with Gasteiger partial charge in [0.15, 0.2) is 0 Å². The number of nitrogens with zero attached hydrogens (tertiary/aromatic N) is 2. The molecule has 0 spiro atoms. The van der Waals surface area contributed by atoms with Crippen LogP contribution >= 0.6 is 0 Å². The molecular formula is C22H25N3O2. The van der Waals surface area contributed by atoms with Crippen LogP contribution in [0.2, 0.25) is 0 Å². The van der Waals surface area contributed by atoms with Gasteiger partial charge in [0.05, 0.1) is 0 Å². The summed E-state index contributed by atoms with van der Waals surface area (Å²) < 4.78 is 0. The van der Waals surface area contributed by atoms with E-state index in [2.05, 4.69) is 10.2 Å². The zero-order chi connectivity index (χ0) is 18.6. The molecule has 27 heavy (non-hydrogen) atoms. The Morgan fingerprint density at radius 3 is 2.44 bits per heavy atom. The molecule has 2 aliphatic rings. The second kappa shape index (κ2) is 7.92. The number of nitrogens with one attached hydrogen (secondary N) is 1. The first kappa shape index (κ1) is 17.7. The summed E-state index contributed by atoms with van der Waals surface area (Å²) in [5.41, 5.74) is 2.48. The van der Waals surface area contributed by atoms with Crippen molar-refractivity contribution in [3.63, 3.8) is 0 Å². The molecule has 2 amide bonds. The van der Waals surface area contributed by atoms with Crippen molar-refractivity contribution < 1.29 is 9.59 Å². The van der Waals surface area contributed by atoms with E-state index in [0.717, 1.165) is 30.9 Å². The molecule has 0 aliphatic carbocycles. The van der Waals surface area contributed by atoms with Crippen molar-refractivity contribution in [2.24, 2.45) is 0 Å². The van der Waals surface area contributed by atoms with Gasteiger partial charge in [0.1, 0.15) is 6.04 Å². The van der Waals surface area contributed by atoms with Crippen LogP contribution in [0.1, 0.15) is 28.8 Å². The summed E-state index contributed by atoms with van der Waals surface area (Å²) in [7, 11) is 0. The maximum absolute atomic E-state index is 13.1. The van der Waals surface area contributed by atoms with Crippen LogP contribution in [0.3, 0.4) is 0 Å². The van der Waals surface area contributed by atoms with Gasteiger partial charge in [-0.3, -0.25) is 14.5 Å². The van der Waals surface area contributed by atoms with E-state index >= 15 is 0 Å². The fourth-order valence-corrected chi connectivity index (χ4v) is 4.03. The van der Waals surface area contributed by atoms with E-state index in [4.69, 9.17) is 0 Å². The molecule has 0 radical (unpaired) electrons. The second-order valence-electron chi connectivity index (χ2n) is 7.23. The maximum Gasteiger partial charge on any atom is 0.259 e. The first-order valence-electron chi connectivity index (χ1n) is 9.70. The number of carbonyl (C=O) groups excluding carboxylic acids is 2. The van der Waals surface area contributed by atoms with Gasteiger partial charge in [-0.1, -0.05) is 36.4 Å². The van der Waals surface area contributed by atoms with E-state index < -0.39 is 6.04 Å². The van der Waals surface area contributed by atoms with Crippen LogP contribution in [-0.4, -0.2) is 48.9 Å². The van der Waals surface area contributed by atoms with E-state index in [9.17, 15) is 9.59 Å². The highest BCUT2D eigenvalue weighted by molar-refractivity contribution is 6.11. The van der Waals surface area contributed by atoms with Crippen molar-refractivity contribution in [2.45, 2.75) is 25.3 Å². The van der Waals surface area contributed by atoms with Gasteiger partial charge in [0, 0.05) is 30.8 Å². The lowest BCUT2D eigenvalue weighted by Crippen LogP contribution is -2.49. The number of anilines is 1. The number of carbonyl (C=O) groups is 2. The van der Waals surface area contributed by atoms with Crippen molar-refractivity contribution in [1.82, 2.24) is 10.2 Å². The molecule has 1 atom stereocenters. The third-order valence-electron chi connectivity index (χ3n) is 5.44. The van der Waals surface area contributed by atoms with E-state index in [1.54, 1.807) is 17.0 Å². The first-order chi connectivity index (χ1) is 13.2. The Labute approximate surface area is 160 Å². The lowest BCUT2D eigenvalue weighted by Gasteiger charge is -2.25. The SMILES string of the molecule is O=C(NCCN1CCCC1)[C@H]1Cc2ccccc2N1C(=O)c1ccccc1.